The molecule has 0 bridgehead atoms. The van der Waals surface area contributed by atoms with Gasteiger partial charge in [-0.3, -0.25) is 10.2 Å². The van der Waals surface area contributed by atoms with Crippen molar-refractivity contribution >= 4 is 29.3 Å². The molecule has 0 aliphatic carbocycles. The van der Waals surface area contributed by atoms with E-state index in [0.29, 0.717) is 17.9 Å². The molecular formula is C17H25N5O3S. The second-order valence-corrected chi connectivity index (χ2v) is 6.86. The molecule has 0 radical (unpaired) electrons. The van der Waals surface area contributed by atoms with Gasteiger partial charge in [-0.1, -0.05) is 12.1 Å². The Hall–Kier alpha value is -2.39. The van der Waals surface area contributed by atoms with E-state index < -0.39 is 17.5 Å². The third-order valence-corrected chi connectivity index (χ3v) is 4.35. The third kappa shape index (κ3) is 4.41. The van der Waals surface area contributed by atoms with Gasteiger partial charge in [0.25, 0.3) is 5.91 Å². The van der Waals surface area contributed by atoms with Gasteiger partial charge in [0.2, 0.25) is 0 Å². The number of benzene rings is 1. The van der Waals surface area contributed by atoms with Gasteiger partial charge >= 0.3 is 6.03 Å². The number of rotatable bonds is 7. The normalized spacial score (nSPS) is 19.5. The van der Waals surface area contributed by atoms with Crippen LogP contribution in [-0.2, 0) is 10.3 Å². The number of amides is 3. The molecule has 3 amide bonds. The van der Waals surface area contributed by atoms with Crippen molar-refractivity contribution in [2.24, 2.45) is 0 Å². The van der Waals surface area contributed by atoms with Crippen molar-refractivity contribution in [1.29, 1.82) is 0 Å². The molecule has 1 fully saturated rings. The monoisotopic (exact) mass is 379 g/mol. The van der Waals surface area contributed by atoms with E-state index in [1.807, 2.05) is 14.1 Å². The molecule has 9 heteroatoms. The van der Waals surface area contributed by atoms with Crippen molar-refractivity contribution in [2.75, 3.05) is 34.3 Å². The summed E-state index contributed by atoms with van der Waals surface area (Å²) in [6.45, 7) is 3.20. The summed E-state index contributed by atoms with van der Waals surface area (Å²) in [5.74, 6) is 0.170. The fourth-order valence-corrected chi connectivity index (χ4v) is 2.80. The van der Waals surface area contributed by atoms with Gasteiger partial charge in [0.05, 0.1) is 7.11 Å². The number of methoxy groups -OCH3 is 1. The molecule has 3 N–H and O–H groups in total. The number of hydrogen-bond donors (Lipinski definition) is 3. The SMILES string of the molecule is COc1cccc([C@@]2(C)NC(=O)N(NC(=S)NCCCN(C)C)C2=O)c1. The summed E-state index contributed by atoms with van der Waals surface area (Å²) in [7, 11) is 5.52. The largest absolute Gasteiger partial charge is 0.497 e. The summed E-state index contributed by atoms with van der Waals surface area (Å²) < 4.78 is 5.20. The first-order chi connectivity index (χ1) is 12.3. The summed E-state index contributed by atoms with van der Waals surface area (Å²) in [4.78, 5) is 27.2. The lowest BCUT2D eigenvalue weighted by molar-refractivity contribution is -0.132. The molecule has 1 aromatic rings. The number of carbonyl (C=O) groups excluding carboxylic acids is 2. The van der Waals surface area contributed by atoms with Crippen LogP contribution in [0.3, 0.4) is 0 Å². The molecule has 0 aromatic heterocycles. The summed E-state index contributed by atoms with van der Waals surface area (Å²) in [6.07, 6.45) is 0.885. The van der Waals surface area contributed by atoms with E-state index >= 15 is 0 Å². The van der Waals surface area contributed by atoms with E-state index in [1.165, 1.54) is 0 Å². The highest BCUT2D eigenvalue weighted by Crippen LogP contribution is 2.30. The minimum Gasteiger partial charge on any atom is -0.497 e. The number of nitrogens with one attached hydrogen (secondary N) is 3. The maximum atomic E-state index is 12.8. The van der Waals surface area contributed by atoms with Gasteiger partial charge in [-0.05, 0) is 63.9 Å². The highest BCUT2D eigenvalue weighted by molar-refractivity contribution is 7.80. The number of ether oxygens (including phenoxy) is 1. The first kappa shape index (κ1) is 19.9. The van der Waals surface area contributed by atoms with E-state index in [-0.39, 0.29) is 5.11 Å². The second-order valence-electron chi connectivity index (χ2n) is 6.45. The average molecular weight is 379 g/mol. The summed E-state index contributed by atoms with van der Waals surface area (Å²) in [5.41, 5.74) is 2.10. The zero-order valence-corrected chi connectivity index (χ0v) is 16.3. The number of hydrogen-bond acceptors (Lipinski definition) is 5. The Kier molecular flexibility index (Phi) is 6.38. The molecule has 0 spiro atoms. The lowest BCUT2D eigenvalue weighted by atomic mass is 9.92. The number of urea groups is 1. The summed E-state index contributed by atoms with van der Waals surface area (Å²) >= 11 is 5.18. The van der Waals surface area contributed by atoms with Crippen LogP contribution < -0.4 is 20.8 Å². The lowest BCUT2D eigenvalue weighted by Gasteiger charge is -2.23. The molecule has 0 saturated carbocycles. The Morgan fingerprint density at radius 3 is 2.77 bits per heavy atom. The molecule has 1 atom stereocenters. The van der Waals surface area contributed by atoms with Crippen LogP contribution in [0.2, 0.25) is 0 Å². The molecule has 1 aliphatic heterocycles. The van der Waals surface area contributed by atoms with Gasteiger partial charge in [0.1, 0.15) is 11.3 Å². The molecular weight excluding hydrogens is 354 g/mol. The van der Waals surface area contributed by atoms with Crippen LogP contribution in [0.5, 0.6) is 5.75 Å². The van der Waals surface area contributed by atoms with E-state index in [2.05, 4.69) is 21.0 Å². The summed E-state index contributed by atoms with van der Waals surface area (Å²) in [6, 6.07) is 6.47. The van der Waals surface area contributed by atoms with E-state index in [0.717, 1.165) is 18.0 Å². The first-order valence-corrected chi connectivity index (χ1v) is 8.69. The van der Waals surface area contributed by atoms with Crippen molar-refractivity contribution in [1.82, 2.24) is 26.0 Å². The Balaban J connectivity index is 2.02. The molecule has 1 heterocycles. The zero-order chi connectivity index (χ0) is 19.3. The molecule has 8 nitrogen and oxygen atoms in total. The number of hydrazine groups is 1. The summed E-state index contributed by atoms with van der Waals surface area (Å²) in [5, 5.41) is 6.83. The number of imide groups is 1. The van der Waals surface area contributed by atoms with Crippen molar-refractivity contribution < 1.29 is 14.3 Å². The van der Waals surface area contributed by atoms with Crippen molar-refractivity contribution in [3.8, 4) is 5.75 Å². The lowest BCUT2D eigenvalue weighted by Crippen LogP contribution is -2.51. The van der Waals surface area contributed by atoms with Gasteiger partial charge in [0.15, 0.2) is 5.11 Å². The van der Waals surface area contributed by atoms with Crippen LogP contribution in [0.25, 0.3) is 0 Å². The molecule has 1 aromatic carbocycles. The number of thiocarbonyl (C=S) groups is 1. The Bertz CT molecular complexity index is 697. The predicted molar refractivity (Wildman–Crippen MR) is 103 cm³/mol. The molecule has 2 rings (SSSR count). The smallest absolute Gasteiger partial charge is 0.344 e. The zero-order valence-electron chi connectivity index (χ0n) is 15.5. The standard InChI is InChI=1S/C17H25N5O3S/c1-17(12-7-5-8-13(11-12)25-4)14(23)22(16(24)19-17)20-15(26)18-9-6-10-21(2)3/h5,7-8,11H,6,9-10H2,1-4H3,(H,19,24)(H2,18,20,26)/t17-/m1/s1. The van der Waals surface area contributed by atoms with Crippen LogP contribution in [0, 0.1) is 0 Å². The number of carbonyl (C=O) groups is 2. The topological polar surface area (TPSA) is 85.9 Å². The molecule has 142 valence electrons. The highest BCUT2D eigenvalue weighted by atomic mass is 32.1. The van der Waals surface area contributed by atoms with E-state index in [1.54, 1.807) is 38.3 Å². The fraction of sp³-hybridized carbons (Fsp3) is 0.471. The molecule has 26 heavy (non-hydrogen) atoms. The van der Waals surface area contributed by atoms with Crippen molar-refractivity contribution in [3.05, 3.63) is 29.8 Å². The third-order valence-electron chi connectivity index (χ3n) is 4.12. The molecule has 1 aliphatic rings. The first-order valence-electron chi connectivity index (χ1n) is 8.28. The predicted octanol–water partition coefficient (Wildman–Crippen LogP) is 0.793. The highest BCUT2D eigenvalue weighted by Gasteiger charge is 2.49. The average Bonchev–Trinajstić information content (AvgIpc) is 2.83. The van der Waals surface area contributed by atoms with Crippen LogP contribution in [0.15, 0.2) is 24.3 Å². The van der Waals surface area contributed by atoms with Crippen LogP contribution in [-0.4, -0.2) is 61.3 Å². The number of nitrogens with zero attached hydrogens (tertiary/aromatic N) is 2. The maximum absolute atomic E-state index is 12.8. The van der Waals surface area contributed by atoms with Crippen LogP contribution in [0.4, 0.5) is 4.79 Å². The van der Waals surface area contributed by atoms with Crippen molar-refractivity contribution in [2.45, 2.75) is 18.9 Å². The fourth-order valence-electron chi connectivity index (χ4n) is 2.61. The Morgan fingerprint density at radius 2 is 2.12 bits per heavy atom. The quantitative estimate of drug-likeness (QED) is 0.367. The van der Waals surface area contributed by atoms with Crippen molar-refractivity contribution in [3.63, 3.8) is 0 Å². The molecule has 1 saturated heterocycles. The minimum atomic E-state index is -1.20. The second kappa shape index (κ2) is 8.33. The Labute approximate surface area is 158 Å². The van der Waals surface area contributed by atoms with E-state index in [9.17, 15) is 9.59 Å². The van der Waals surface area contributed by atoms with Gasteiger partial charge in [-0.25, -0.2) is 4.79 Å². The van der Waals surface area contributed by atoms with Gasteiger partial charge in [-0.15, -0.1) is 0 Å². The maximum Gasteiger partial charge on any atom is 0.344 e. The van der Waals surface area contributed by atoms with E-state index in [4.69, 9.17) is 17.0 Å². The van der Waals surface area contributed by atoms with Crippen LogP contribution >= 0.6 is 12.2 Å². The van der Waals surface area contributed by atoms with Gasteiger partial charge < -0.3 is 20.3 Å². The minimum absolute atomic E-state index is 0.224. The molecule has 0 unspecified atom stereocenters. The van der Waals surface area contributed by atoms with Crippen LogP contribution in [0.1, 0.15) is 18.9 Å². The van der Waals surface area contributed by atoms with Gasteiger partial charge in [0, 0.05) is 6.54 Å². The van der Waals surface area contributed by atoms with Gasteiger partial charge in [-0.2, -0.15) is 5.01 Å². The Morgan fingerprint density at radius 1 is 1.38 bits per heavy atom.